The molecule has 0 heterocycles. The standard InChI is InChI=1S/C13H24O3/c1-16-13(15)11-9-7-5-3-2-4-6-8-10-12-14/h8,10,14H,2-7,9,11-12H2,1H3/b10-8+. The predicted octanol–water partition coefficient (Wildman–Crippen LogP) is 2.83. The number of hydrogen-bond acceptors (Lipinski definition) is 3. The molecule has 0 amide bonds. The Morgan fingerprint density at radius 2 is 1.69 bits per heavy atom. The van der Waals surface area contributed by atoms with Crippen LogP contribution < -0.4 is 0 Å². The lowest BCUT2D eigenvalue weighted by atomic mass is 10.1. The zero-order chi connectivity index (χ0) is 12.1. The molecular formula is C13H24O3. The zero-order valence-electron chi connectivity index (χ0n) is 10.3. The van der Waals surface area contributed by atoms with Gasteiger partial charge in [-0.25, -0.2) is 0 Å². The van der Waals surface area contributed by atoms with Gasteiger partial charge in [0.05, 0.1) is 13.7 Å². The van der Waals surface area contributed by atoms with E-state index in [9.17, 15) is 4.79 Å². The summed E-state index contributed by atoms with van der Waals surface area (Å²) in [6.45, 7) is 0.146. The summed E-state index contributed by atoms with van der Waals surface area (Å²) in [5, 5.41) is 8.51. The van der Waals surface area contributed by atoms with Crippen LogP contribution >= 0.6 is 0 Å². The van der Waals surface area contributed by atoms with Crippen LogP contribution in [0.3, 0.4) is 0 Å². The molecule has 3 nitrogen and oxygen atoms in total. The number of allylic oxidation sites excluding steroid dienone is 1. The normalized spacial score (nSPS) is 10.9. The third-order valence-corrected chi connectivity index (χ3v) is 2.50. The summed E-state index contributed by atoms with van der Waals surface area (Å²) in [7, 11) is 1.43. The minimum Gasteiger partial charge on any atom is -0.469 e. The Morgan fingerprint density at radius 3 is 2.31 bits per heavy atom. The Morgan fingerprint density at radius 1 is 1.06 bits per heavy atom. The Balaban J connectivity index is 3.04. The molecule has 1 N–H and O–H groups in total. The number of aliphatic hydroxyl groups excluding tert-OH is 1. The number of unbranched alkanes of at least 4 members (excludes halogenated alkanes) is 6. The van der Waals surface area contributed by atoms with E-state index in [4.69, 9.17) is 5.11 Å². The molecule has 3 heteroatoms. The molecule has 0 aromatic carbocycles. The molecule has 0 bridgehead atoms. The topological polar surface area (TPSA) is 46.5 Å². The van der Waals surface area contributed by atoms with Crippen LogP contribution in [0, 0.1) is 0 Å². The van der Waals surface area contributed by atoms with Crippen molar-refractivity contribution in [3.05, 3.63) is 12.2 Å². The monoisotopic (exact) mass is 228 g/mol. The van der Waals surface area contributed by atoms with E-state index < -0.39 is 0 Å². The summed E-state index contributed by atoms with van der Waals surface area (Å²) in [6.07, 6.45) is 12.3. The van der Waals surface area contributed by atoms with E-state index in [1.165, 1.54) is 32.8 Å². The first kappa shape index (κ1) is 15.2. The van der Waals surface area contributed by atoms with E-state index in [0.29, 0.717) is 6.42 Å². The molecule has 0 radical (unpaired) electrons. The van der Waals surface area contributed by atoms with E-state index in [-0.39, 0.29) is 12.6 Å². The number of hydrogen-bond donors (Lipinski definition) is 1. The van der Waals surface area contributed by atoms with Crippen LogP contribution in [0.1, 0.15) is 51.4 Å². The summed E-state index contributed by atoms with van der Waals surface area (Å²) in [4.78, 5) is 10.8. The number of rotatable bonds is 10. The minimum atomic E-state index is -0.103. The molecule has 0 atom stereocenters. The molecule has 0 saturated heterocycles. The highest BCUT2D eigenvalue weighted by atomic mass is 16.5. The van der Waals surface area contributed by atoms with Crippen LogP contribution in [0.25, 0.3) is 0 Å². The smallest absolute Gasteiger partial charge is 0.305 e. The van der Waals surface area contributed by atoms with E-state index in [0.717, 1.165) is 19.3 Å². The maximum absolute atomic E-state index is 10.8. The Kier molecular flexibility index (Phi) is 11.6. The maximum Gasteiger partial charge on any atom is 0.305 e. The molecule has 0 aliphatic rings. The molecule has 0 rings (SSSR count). The summed E-state index contributed by atoms with van der Waals surface area (Å²) < 4.78 is 4.57. The minimum absolute atomic E-state index is 0.103. The fourth-order valence-electron chi connectivity index (χ4n) is 1.53. The summed E-state index contributed by atoms with van der Waals surface area (Å²) in [5.74, 6) is -0.103. The van der Waals surface area contributed by atoms with Crippen LogP contribution in [-0.4, -0.2) is 24.8 Å². The van der Waals surface area contributed by atoms with E-state index in [2.05, 4.69) is 4.74 Å². The number of aliphatic hydroxyl groups is 1. The fourth-order valence-corrected chi connectivity index (χ4v) is 1.53. The number of methoxy groups -OCH3 is 1. The zero-order valence-corrected chi connectivity index (χ0v) is 10.3. The van der Waals surface area contributed by atoms with Gasteiger partial charge in [-0.3, -0.25) is 4.79 Å². The SMILES string of the molecule is COC(=O)CCCCCCCC/C=C/CO. The van der Waals surface area contributed by atoms with Crippen molar-refractivity contribution in [1.82, 2.24) is 0 Å². The molecule has 0 aliphatic carbocycles. The van der Waals surface area contributed by atoms with Gasteiger partial charge in [-0.05, 0) is 19.3 Å². The third-order valence-electron chi connectivity index (χ3n) is 2.50. The van der Waals surface area contributed by atoms with Gasteiger partial charge in [-0.1, -0.05) is 37.8 Å². The lowest BCUT2D eigenvalue weighted by Crippen LogP contribution is -1.99. The number of ether oxygens (including phenoxy) is 1. The molecule has 0 aromatic heterocycles. The quantitative estimate of drug-likeness (QED) is 0.355. The lowest BCUT2D eigenvalue weighted by Gasteiger charge is -2.00. The molecule has 0 spiro atoms. The lowest BCUT2D eigenvalue weighted by molar-refractivity contribution is -0.140. The van der Waals surface area contributed by atoms with Gasteiger partial charge in [0.25, 0.3) is 0 Å². The van der Waals surface area contributed by atoms with Gasteiger partial charge < -0.3 is 9.84 Å². The average molecular weight is 228 g/mol. The van der Waals surface area contributed by atoms with E-state index in [1.807, 2.05) is 6.08 Å². The summed E-state index contributed by atoms with van der Waals surface area (Å²) >= 11 is 0. The summed E-state index contributed by atoms with van der Waals surface area (Å²) in [5.41, 5.74) is 0. The second-order valence-corrected chi connectivity index (χ2v) is 3.89. The van der Waals surface area contributed by atoms with Crippen molar-refractivity contribution in [3.8, 4) is 0 Å². The van der Waals surface area contributed by atoms with Gasteiger partial charge in [0, 0.05) is 6.42 Å². The van der Waals surface area contributed by atoms with Gasteiger partial charge in [0.1, 0.15) is 0 Å². The van der Waals surface area contributed by atoms with Gasteiger partial charge >= 0.3 is 5.97 Å². The Labute approximate surface area is 98.5 Å². The molecule has 94 valence electrons. The van der Waals surface area contributed by atoms with Crippen molar-refractivity contribution >= 4 is 5.97 Å². The van der Waals surface area contributed by atoms with Crippen molar-refractivity contribution < 1.29 is 14.6 Å². The second kappa shape index (κ2) is 12.2. The van der Waals surface area contributed by atoms with Crippen molar-refractivity contribution in [2.45, 2.75) is 51.4 Å². The van der Waals surface area contributed by atoms with Crippen LogP contribution in [0.5, 0.6) is 0 Å². The Hall–Kier alpha value is -0.830. The number of esters is 1. The van der Waals surface area contributed by atoms with Gasteiger partial charge in [-0.2, -0.15) is 0 Å². The largest absolute Gasteiger partial charge is 0.469 e. The molecule has 0 saturated carbocycles. The predicted molar refractivity (Wildman–Crippen MR) is 65.2 cm³/mol. The van der Waals surface area contributed by atoms with Gasteiger partial charge in [0.2, 0.25) is 0 Å². The van der Waals surface area contributed by atoms with Crippen LogP contribution in [0.4, 0.5) is 0 Å². The third kappa shape index (κ3) is 11.2. The van der Waals surface area contributed by atoms with Crippen molar-refractivity contribution in [3.63, 3.8) is 0 Å². The van der Waals surface area contributed by atoms with Crippen LogP contribution in [0.15, 0.2) is 12.2 Å². The van der Waals surface area contributed by atoms with Crippen LogP contribution in [-0.2, 0) is 9.53 Å². The first-order valence-electron chi connectivity index (χ1n) is 6.14. The van der Waals surface area contributed by atoms with E-state index in [1.54, 1.807) is 6.08 Å². The van der Waals surface area contributed by atoms with Crippen molar-refractivity contribution in [2.75, 3.05) is 13.7 Å². The number of carbonyl (C=O) groups excluding carboxylic acids is 1. The van der Waals surface area contributed by atoms with Gasteiger partial charge in [-0.15, -0.1) is 0 Å². The highest BCUT2D eigenvalue weighted by Gasteiger charge is 1.98. The number of carbonyl (C=O) groups is 1. The molecule has 0 unspecified atom stereocenters. The first-order valence-corrected chi connectivity index (χ1v) is 6.14. The fraction of sp³-hybridized carbons (Fsp3) is 0.769. The molecule has 16 heavy (non-hydrogen) atoms. The molecule has 0 aliphatic heterocycles. The highest BCUT2D eigenvalue weighted by molar-refractivity contribution is 5.68. The van der Waals surface area contributed by atoms with Crippen molar-refractivity contribution in [1.29, 1.82) is 0 Å². The van der Waals surface area contributed by atoms with Crippen LogP contribution in [0.2, 0.25) is 0 Å². The average Bonchev–Trinajstić information content (AvgIpc) is 2.31. The molecule has 0 fully saturated rings. The Bertz CT molecular complexity index is 188. The summed E-state index contributed by atoms with van der Waals surface area (Å²) in [6, 6.07) is 0. The maximum atomic E-state index is 10.8. The van der Waals surface area contributed by atoms with E-state index >= 15 is 0 Å². The van der Waals surface area contributed by atoms with Gasteiger partial charge in [0.15, 0.2) is 0 Å². The first-order chi connectivity index (χ1) is 7.81. The molecule has 0 aromatic rings. The van der Waals surface area contributed by atoms with Crippen molar-refractivity contribution in [2.24, 2.45) is 0 Å². The molecular weight excluding hydrogens is 204 g/mol. The highest BCUT2D eigenvalue weighted by Crippen LogP contribution is 2.09. The second-order valence-electron chi connectivity index (χ2n) is 3.89.